The average Bonchev–Trinajstić information content (AvgIpc) is 2.75. The van der Waals surface area contributed by atoms with Gasteiger partial charge in [-0.3, -0.25) is 4.55 Å². The minimum Gasteiger partial charge on any atom is -0.399 e. The third kappa shape index (κ3) is 4.05. The van der Waals surface area contributed by atoms with Crippen LogP contribution in [0.3, 0.4) is 0 Å². The van der Waals surface area contributed by atoms with Crippen LogP contribution in [0.5, 0.6) is 0 Å². The van der Waals surface area contributed by atoms with Gasteiger partial charge in [-0.25, -0.2) is 0 Å². The molecule has 4 aromatic rings. The highest BCUT2D eigenvalue weighted by molar-refractivity contribution is 7.86. The lowest BCUT2D eigenvalue weighted by Gasteiger charge is -2.19. The summed E-state index contributed by atoms with van der Waals surface area (Å²) in [6.07, 6.45) is 0. The van der Waals surface area contributed by atoms with Gasteiger partial charge in [0.15, 0.2) is 0 Å². The second-order valence-corrected chi connectivity index (χ2v) is 8.18. The summed E-state index contributed by atoms with van der Waals surface area (Å²) in [7, 11) is -4.56. The molecule has 0 unspecified atom stereocenters. The molecule has 0 saturated carbocycles. The van der Waals surface area contributed by atoms with Crippen LogP contribution in [0.15, 0.2) is 102 Å². The highest BCUT2D eigenvalue weighted by Crippen LogP contribution is 2.41. The van der Waals surface area contributed by atoms with Crippen LogP contribution in [0.4, 0.5) is 17.1 Å². The smallest absolute Gasteiger partial charge is 0.295 e. The first-order valence-corrected chi connectivity index (χ1v) is 10.8. The van der Waals surface area contributed by atoms with Gasteiger partial charge in [-0.2, -0.15) is 8.42 Å². The fourth-order valence-corrected chi connectivity index (χ4v) is 4.36. The molecular formula is C24H20N2O3S. The van der Waals surface area contributed by atoms with E-state index in [1.54, 1.807) is 30.3 Å². The minimum atomic E-state index is -4.56. The Balaban J connectivity index is 2.02. The molecule has 0 bridgehead atoms. The van der Waals surface area contributed by atoms with Crippen LogP contribution in [-0.2, 0) is 10.1 Å². The molecule has 30 heavy (non-hydrogen) atoms. The standard InChI is InChI=1S/C24H20N2O3S/c25-19-13-11-17(12-14-19)21-15-16-22(26-20-9-5-2-6-10-20)23(24(21)30(27,28)29)18-7-3-1-4-8-18/h1-16,26H,25H2,(H,27,28,29). The number of nitrogens with two attached hydrogens (primary N) is 1. The number of hydrogen-bond donors (Lipinski definition) is 3. The van der Waals surface area contributed by atoms with Crippen LogP contribution in [0, 0.1) is 0 Å². The van der Waals surface area contributed by atoms with Gasteiger partial charge in [-0.05, 0) is 41.5 Å². The van der Waals surface area contributed by atoms with Crippen LogP contribution in [0.1, 0.15) is 0 Å². The number of nitrogen functional groups attached to an aromatic ring is 1. The zero-order valence-corrected chi connectivity index (χ0v) is 16.8. The third-order valence-corrected chi connectivity index (χ3v) is 5.69. The normalized spacial score (nSPS) is 11.2. The van der Waals surface area contributed by atoms with Crippen molar-refractivity contribution in [3.05, 3.63) is 97.1 Å². The van der Waals surface area contributed by atoms with E-state index in [9.17, 15) is 13.0 Å². The molecule has 150 valence electrons. The van der Waals surface area contributed by atoms with E-state index >= 15 is 0 Å². The van der Waals surface area contributed by atoms with Crippen molar-refractivity contribution in [1.82, 2.24) is 0 Å². The van der Waals surface area contributed by atoms with Gasteiger partial charge >= 0.3 is 0 Å². The van der Waals surface area contributed by atoms with Crippen molar-refractivity contribution in [3.63, 3.8) is 0 Å². The van der Waals surface area contributed by atoms with Crippen molar-refractivity contribution in [2.24, 2.45) is 0 Å². The van der Waals surface area contributed by atoms with E-state index in [1.165, 1.54) is 0 Å². The van der Waals surface area contributed by atoms with E-state index in [4.69, 9.17) is 5.73 Å². The van der Waals surface area contributed by atoms with Crippen LogP contribution < -0.4 is 11.1 Å². The SMILES string of the molecule is Nc1ccc(-c2ccc(Nc3ccccc3)c(-c3ccccc3)c2S(=O)(=O)O)cc1. The molecule has 0 radical (unpaired) electrons. The molecule has 0 heterocycles. The quantitative estimate of drug-likeness (QED) is 0.291. The molecule has 0 aromatic heterocycles. The zero-order valence-electron chi connectivity index (χ0n) is 16.0. The Morgan fingerprint density at radius 3 is 1.90 bits per heavy atom. The molecule has 0 spiro atoms. The van der Waals surface area contributed by atoms with Crippen LogP contribution in [0.25, 0.3) is 22.3 Å². The van der Waals surface area contributed by atoms with Gasteiger partial charge in [0.1, 0.15) is 4.90 Å². The van der Waals surface area contributed by atoms with Crippen molar-refractivity contribution < 1.29 is 13.0 Å². The molecule has 4 rings (SSSR count). The summed E-state index contributed by atoms with van der Waals surface area (Å²) < 4.78 is 35.4. The van der Waals surface area contributed by atoms with Crippen molar-refractivity contribution in [2.45, 2.75) is 4.90 Å². The lowest BCUT2D eigenvalue weighted by molar-refractivity contribution is 0.484. The molecule has 5 nitrogen and oxygen atoms in total. The van der Waals surface area contributed by atoms with Crippen molar-refractivity contribution in [2.75, 3.05) is 11.1 Å². The minimum absolute atomic E-state index is 0.153. The third-order valence-electron chi connectivity index (χ3n) is 4.75. The molecular weight excluding hydrogens is 396 g/mol. The van der Waals surface area contributed by atoms with Crippen LogP contribution in [0.2, 0.25) is 0 Å². The number of anilines is 3. The average molecular weight is 417 g/mol. The van der Waals surface area contributed by atoms with Gasteiger partial charge in [0.25, 0.3) is 10.1 Å². The fraction of sp³-hybridized carbons (Fsp3) is 0. The number of rotatable bonds is 5. The van der Waals surface area contributed by atoms with E-state index in [0.717, 1.165) is 5.69 Å². The Bertz CT molecular complexity index is 1270. The first kappa shape index (κ1) is 19.7. The molecule has 4 aromatic carbocycles. The van der Waals surface area contributed by atoms with Crippen LogP contribution >= 0.6 is 0 Å². The van der Waals surface area contributed by atoms with Gasteiger partial charge in [-0.15, -0.1) is 0 Å². The molecule has 0 aliphatic carbocycles. The van der Waals surface area contributed by atoms with E-state index in [-0.39, 0.29) is 4.90 Å². The summed E-state index contributed by atoms with van der Waals surface area (Å²) in [6.45, 7) is 0. The summed E-state index contributed by atoms with van der Waals surface area (Å²) in [5, 5.41) is 3.28. The predicted octanol–water partition coefficient (Wildman–Crippen LogP) is 5.59. The van der Waals surface area contributed by atoms with E-state index < -0.39 is 10.1 Å². The Labute approximate surface area is 175 Å². The molecule has 0 aliphatic rings. The Kier molecular flexibility index (Phi) is 5.27. The second-order valence-electron chi connectivity index (χ2n) is 6.82. The van der Waals surface area contributed by atoms with Gasteiger partial charge in [0.2, 0.25) is 0 Å². The van der Waals surface area contributed by atoms with Gasteiger partial charge < -0.3 is 11.1 Å². The van der Waals surface area contributed by atoms with Gasteiger partial charge in [0, 0.05) is 28.2 Å². The summed E-state index contributed by atoms with van der Waals surface area (Å²) in [5.41, 5.74) is 9.82. The summed E-state index contributed by atoms with van der Waals surface area (Å²) >= 11 is 0. The summed E-state index contributed by atoms with van der Waals surface area (Å²) in [6, 6.07) is 28.9. The number of para-hydroxylation sites is 1. The Morgan fingerprint density at radius 1 is 0.700 bits per heavy atom. The lowest BCUT2D eigenvalue weighted by Crippen LogP contribution is -2.06. The highest BCUT2D eigenvalue weighted by atomic mass is 32.2. The topological polar surface area (TPSA) is 92.4 Å². The molecule has 0 atom stereocenters. The summed E-state index contributed by atoms with van der Waals surface area (Å²) in [4.78, 5) is -0.153. The van der Waals surface area contributed by atoms with E-state index in [2.05, 4.69) is 5.32 Å². The monoisotopic (exact) mass is 416 g/mol. The second kappa shape index (κ2) is 8.02. The van der Waals surface area contributed by atoms with Crippen molar-refractivity contribution >= 4 is 27.2 Å². The first-order valence-electron chi connectivity index (χ1n) is 9.31. The van der Waals surface area contributed by atoms with E-state index in [0.29, 0.717) is 33.6 Å². The maximum atomic E-state index is 12.6. The molecule has 4 N–H and O–H groups in total. The zero-order chi connectivity index (χ0) is 21.1. The molecule has 0 fully saturated rings. The van der Waals surface area contributed by atoms with Crippen molar-refractivity contribution in [3.8, 4) is 22.3 Å². The fourth-order valence-electron chi connectivity index (χ4n) is 3.41. The maximum Gasteiger partial charge on any atom is 0.295 e. The summed E-state index contributed by atoms with van der Waals surface area (Å²) in [5.74, 6) is 0. The largest absolute Gasteiger partial charge is 0.399 e. The molecule has 6 heteroatoms. The van der Waals surface area contributed by atoms with Crippen LogP contribution in [-0.4, -0.2) is 13.0 Å². The molecule has 0 amide bonds. The number of nitrogens with one attached hydrogen (secondary N) is 1. The Morgan fingerprint density at radius 2 is 1.30 bits per heavy atom. The predicted molar refractivity (Wildman–Crippen MR) is 121 cm³/mol. The molecule has 0 saturated heterocycles. The molecule has 0 aliphatic heterocycles. The van der Waals surface area contributed by atoms with Crippen molar-refractivity contribution in [1.29, 1.82) is 0 Å². The number of benzene rings is 4. The Hall–Kier alpha value is -3.61. The first-order chi connectivity index (χ1) is 14.4. The lowest BCUT2D eigenvalue weighted by atomic mass is 9.96. The van der Waals surface area contributed by atoms with Gasteiger partial charge in [-0.1, -0.05) is 66.7 Å². The highest BCUT2D eigenvalue weighted by Gasteiger charge is 2.25. The van der Waals surface area contributed by atoms with E-state index in [1.807, 2.05) is 66.7 Å². The number of hydrogen-bond acceptors (Lipinski definition) is 4. The van der Waals surface area contributed by atoms with Gasteiger partial charge in [0.05, 0.1) is 0 Å². The maximum absolute atomic E-state index is 12.6.